The molecule has 1 saturated heterocycles. The second kappa shape index (κ2) is 2.78. The number of hydrogen-bond acceptors (Lipinski definition) is 2. The van der Waals surface area contributed by atoms with Gasteiger partial charge in [-0.2, -0.15) is 0 Å². The standard InChI is InChI=1S/C7H10O2/c1-6(8)4-7-2-3-9-5-7/h4H,2-3,5H2,1H3/b7-4-. The topological polar surface area (TPSA) is 26.3 Å². The van der Waals surface area contributed by atoms with Crippen LogP contribution in [-0.4, -0.2) is 19.0 Å². The fraction of sp³-hybridized carbons (Fsp3) is 0.571. The van der Waals surface area contributed by atoms with E-state index in [0.717, 1.165) is 18.6 Å². The number of rotatable bonds is 1. The minimum Gasteiger partial charge on any atom is -0.377 e. The Bertz CT molecular complexity index is 139. The molecule has 0 bridgehead atoms. The monoisotopic (exact) mass is 126 g/mol. The predicted molar refractivity (Wildman–Crippen MR) is 34.2 cm³/mol. The molecule has 1 aliphatic rings. The predicted octanol–water partition coefficient (Wildman–Crippen LogP) is 0.922. The lowest BCUT2D eigenvalue weighted by Crippen LogP contribution is -1.87. The van der Waals surface area contributed by atoms with Gasteiger partial charge in [0, 0.05) is 0 Å². The molecule has 0 aromatic carbocycles. The van der Waals surface area contributed by atoms with Gasteiger partial charge in [-0.15, -0.1) is 0 Å². The average molecular weight is 126 g/mol. The number of carbonyl (C=O) groups is 1. The molecule has 2 nitrogen and oxygen atoms in total. The molecule has 1 heterocycles. The van der Waals surface area contributed by atoms with Crippen LogP contribution in [0.25, 0.3) is 0 Å². The van der Waals surface area contributed by atoms with Crippen molar-refractivity contribution in [3.63, 3.8) is 0 Å². The van der Waals surface area contributed by atoms with E-state index in [-0.39, 0.29) is 5.78 Å². The first-order chi connectivity index (χ1) is 4.29. The van der Waals surface area contributed by atoms with Crippen molar-refractivity contribution in [1.82, 2.24) is 0 Å². The zero-order valence-electron chi connectivity index (χ0n) is 5.52. The van der Waals surface area contributed by atoms with E-state index < -0.39 is 0 Å². The molecule has 0 N–H and O–H groups in total. The first-order valence-electron chi connectivity index (χ1n) is 3.07. The summed E-state index contributed by atoms with van der Waals surface area (Å²) in [7, 11) is 0. The lowest BCUT2D eigenvalue weighted by Gasteiger charge is -1.87. The number of carbonyl (C=O) groups excluding carboxylic acids is 1. The largest absolute Gasteiger partial charge is 0.377 e. The number of ketones is 1. The van der Waals surface area contributed by atoms with Crippen LogP contribution in [0.15, 0.2) is 11.6 Å². The van der Waals surface area contributed by atoms with Gasteiger partial charge in [-0.25, -0.2) is 0 Å². The molecule has 2 heteroatoms. The second-order valence-electron chi connectivity index (χ2n) is 2.22. The summed E-state index contributed by atoms with van der Waals surface area (Å²) in [6.45, 7) is 2.99. The molecule has 0 unspecified atom stereocenters. The number of allylic oxidation sites excluding steroid dienone is 1. The average Bonchev–Trinajstić information content (AvgIpc) is 2.15. The van der Waals surface area contributed by atoms with Crippen molar-refractivity contribution in [3.05, 3.63) is 11.6 Å². The van der Waals surface area contributed by atoms with E-state index in [2.05, 4.69) is 0 Å². The van der Waals surface area contributed by atoms with Crippen LogP contribution < -0.4 is 0 Å². The highest BCUT2D eigenvalue weighted by Gasteiger charge is 2.06. The maximum Gasteiger partial charge on any atom is 0.152 e. The third-order valence-corrected chi connectivity index (χ3v) is 1.26. The smallest absolute Gasteiger partial charge is 0.152 e. The number of hydrogen-bond donors (Lipinski definition) is 0. The molecule has 0 radical (unpaired) electrons. The van der Waals surface area contributed by atoms with Crippen LogP contribution in [0.1, 0.15) is 13.3 Å². The van der Waals surface area contributed by atoms with Crippen molar-refractivity contribution < 1.29 is 9.53 Å². The highest BCUT2D eigenvalue weighted by Crippen LogP contribution is 2.09. The van der Waals surface area contributed by atoms with Gasteiger partial charge < -0.3 is 4.74 Å². The maximum atomic E-state index is 10.5. The summed E-state index contributed by atoms with van der Waals surface area (Å²) in [5, 5.41) is 0. The highest BCUT2D eigenvalue weighted by molar-refractivity contribution is 5.88. The van der Waals surface area contributed by atoms with Gasteiger partial charge in [0.25, 0.3) is 0 Å². The molecular formula is C7H10O2. The molecule has 1 aliphatic heterocycles. The molecule has 0 aromatic heterocycles. The van der Waals surface area contributed by atoms with Crippen LogP contribution in [-0.2, 0) is 9.53 Å². The number of ether oxygens (including phenoxy) is 1. The van der Waals surface area contributed by atoms with Crippen molar-refractivity contribution in [2.24, 2.45) is 0 Å². The second-order valence-corrected chi connectivity index (χ2v) is 2.22. The molecule has 0 aromatic rings. The van der Waals surface area contributed by atoms with E-state index in [0.29, 0.717) is 6.61 Å². The highest BCUT2D eigenvalue weighted by atomic mass is 16.5. The minimum absolute atomic E-state index is 0.121. The molecule has 0 spiro atoms. The van der Waals surface area contributed by atoms with Gasteiger partial charge in [-0.05, 0) is 25.0 Å². The summed E-state index contributed by atoms with van der Waals surface area (Å²) in [5.74, 6) is 0.121. The van der Waals surface area contributed by atoms with Gasteiger partial charge in [0.1, 0.15) is 0 Å². The van der Waals surface area contributed by atoms with Crippen molar-refractivity contribution in [1.29, 1.82) is 0 Å². The molecular weight excluding hydrogens is 116 g/mol. The van der Waals surface area contributed by atoms with E-state index in [1.54, 1.807) is 13.0 Å². The Hall–Kier alpha value is -0.630. The summed E-state index contributed by atoms with van der Waals surface area (Å²) in [4.78, 5) is 10.5. The Morgan fingerprint density at radius 3 is 3.00 bits per heavy atom. The van der Waals surface area contributed by atoms with Crippen LogP contribution in [0.3, 0.4) is 0 Å². The van der Waals surface area contributed by atoms with E-state index in [9.17, 15) is 4.79 Å². The third kappa shape index (κ3) is 1.98. The van der Waals surface area contributed by atoms with E-state index in [1.165, 1.54) is 0 Å². The van der Waals surface area contributed by atoms with Crippen LogP contribution in [0.5, 0.6) is 0 Å². The normalized spacial score (nSPS) is 23.0. The Labute approximate surface area is 54.5 Å². The van der Waals surface area contributed by atoms with Crippen LogP contribution in [0, 0.1) is 0 Å². The Morgan fingerprint density at radius 2 is 2.56 bits per heavy atom. The molecule has 50 valence electrons. The van der Waals surface area contributed by atoms with Gasteiger partial charge in [-0.3, -0.25) is 4.79 Å². The van der Waals surface area contributed by atoms with Gasteiger partial charge in [0.2, 0.25) is 0 Å². The molecule has 0 aliphatic carbocycles. The molecule has 0 atom stereocenters. The maximum absolute atomic E-state index is 10.5. The van der Waals surface area contributed by atoms with Crippen LogP contribution in [0.4, 0.5) is 0 Å². The summed E-state index contributed by atoms with van der Waals surface area (Å²) in [6.07, 6.45) is 2.59. The van der Waals surface area contributed by atoms with Gasteiger partial charge >= 0.3 is 0 Å². The Balaban J connectivity index is 2.49. The molecule has 1 fully saturated rings. The van der Waals surface area contributed by atoms with Crippen molar-refractivity contribution in [3.8, 4) is 0 Å². The fourth-order valence-corrected chi connectivity index (χ4v) is 0.880. The van der Waals surface area contributed by atoms with Crippen molar-refractivity contribution in [2.75, 3.05) is 13.2 Å². The first kappa shape index (κ1) is 6.49. The summed E-state index contributed by atoms with van der Waals surface area (Å²) < 4.78 is 5.04. The SMILES string of the molecule is CC(=O)/C=C1/CCOC1. The van der Waals surface area contributed by atoms with Gasteiger partial charge in [0.05, 0.1) is 13.2 Å². The van der Waals surface area contributed by atoms with Crippen LogP contribution in [0.2, 0.25) is 0 Å². The fourth-order valence-electron chi connectivity index (χ4n) is 0.880. The zero-order chi connectivity index (χ0) is 6.69. The molecule has 0 amide bonds. The summed E-state index contributed by atoms with van der Waals surface area (Å²) in [6, 6.07) is 0. The quantitative estimate of drug-likeness (QED) is 0.488. The molecule has 9 heavy (non-hydrogen) atoms. The Morgan fingerprint density at radius 1 is 1.78 bits per heavy atom. The van der Waals surface area contributed by atoms with E-state index in [1.807, 2.05) is 0 Å². The summed E-state index contributed by atoms with van der Waals surface area (Å²) >= 11 is 0. The zero-order valence-corrected chi connectivity index (χ0v) is 5.52. The minimum atomic E-state index is 0.121. The van der Waals surface area contributed by atoms with Gasteiger partial charge in [0.15, 0.2) is 5.78 Å². The first-order valence-corrected chi connectivity index (χ1v) is 3.07. The van der Waals surface area contributed by atoms with E-state index in [4.69, 9.17) is 4.74 Å². The summed E-state index contributed by atoms with van der Waals surface area (Å²) in [5.41, 5.74) is 1.13. The van der Waals surface area contributed by atoms with Crippen molar-refractivity contribution >= 4 is 5.78 Å². The molecule has 0 saturated carbocycles. The van der Waals surface area contributed by atoms with Crippen molar-refractivity contribution in [2.45, 2.75) is 13.3 Å². The lowest BCUT2D eigenvalue weighted by atomic mass is 10.2. The molecule has 1 rings (SSSR count). The van der Waals surface area contributed by atoms with Crippen LogP contribution >= 0.6 is 0 Å². The third-order valence-electron chi connectivity index (χ3n) is 1.26. The van der Waals surface area contributed by atoms with Gasteiger partial charge in [-0.1, -0.05) is 0 Å². The van der Waals surface area contributed by atoms with E-state index >= 15 is 0 Å². The lowest BCUT2D eigenvalue weighted by molar-refractivity contribution is -0.112. The Kier molecular flexibility index (Phi) is 2.01.